The molecule has 1 heterocycles. The number of nitrogens with one attached hydrogen (secondary N) is 1. The maximum Gasteiger partial charge on any atom is 0.143 e. The van der Waals surface area contributed by atoms with Crippen molar-refractivity contribution in [3.8, 4) is 5.75 Å². The van der Waals surface area contributed by atoms with Crippen molar-refractivity contribution in [1.29, 1.82) is 0 Å². The third-order valence-electron chi connectivity index (χ3n) is 2.19. The maximum absolute atomic E-state index is 5.91. The molecule has 1 aliphatic heterocycles. The first kappa shape index (κ1) is 9.94. The molecule has 0 amide bonds. The Balaban J connectivity index is 2.36. The average molecular weight is 232 g/mol. The van der Waals surface area contributed by atoms with Crippen LogP contribution in [0.3, 0.4) is 0 Å². The summed E-state index contributed by atoms with van der Waals surface area (Å²) in [7, 11) is 0. The second kappa shape index (κ2) is 3.87. The molecule has 76 valence electrons. The highest BCUT2D eigenvalue weighted by atomic mass is 35.5. The number of rotatable bonds is 0. The van der Waals surface area contributed by atoms with E-state index < -0.39 is 0 Å². The Morgan fingerprint density at radius 3 is 2.86 bits per heavy atom. The van der Waals surface area contributed by atoms with Gasteiger partial charge in [-0.1, -0.05) is 30.1 Å². The van der Waals surface area contributed by atoms with Gasteiger partial charge in [-0.05, 0) is 6.07 Å². The van der Waals surface area contributed by atoms with Crippen LogP contribution in [0.1, 0.15) is 6.92 Å². The van der Waals surface area contributed by atoms with Crippen LogP contribution in [0, 0.1) is 5.92 Å². The van der Waals surface area contributed by atoms with Crippen LogP contribution < -0.4 is 10.1 Å². The number of halogens is 2. The summed E-state index contributed by atoms with van der Waals surface area (Å²) in [6, 6.07) is 3.56. The fourth-order valence-electron chi connectivity index (χ4n) is 1.36. The lowest BCUT2D eigenvalue weighted by Crippen LogP contribution is -2.13. The van der Waals surface area contributed by atoms with Gasteiger partial charge in [0.1, 0.15) is 5.75 Å². The zero-order valence-electron chi connectivity index (χ0n) is 7.81. The van der Waals surface area contributed by atoms with Crippen LogP contribution in [0.25, 0.3) is 0 Å². The Kier molecular flexibility index (Phi) is 2.75. The minimum Gasteiger partial charge on any atom is -0.491 e. The van der Waals surface area contributed by atoms with E-state index >= 15 is 0 Å². The summed E-state index contributed by atoms with van der Waals surface area (Å²) in [5.41, 5.74) is 0.920. The van der Waals surface area contributed by atoms with Gasteiger partial charge >= 0.3 is 0 Å². The van der Waals surface area contributed by atoms with E-state index in [0.717, 1.165) is 18.0 Å². The molecule has 2 nitrogen and oxygen atoms in total. The van der Waals surface area contributed by atoms with E-state index in [1.807, 2.05) is 0 Å². The molecule has 0 radical (unpaired) electrons. The van der Waals surface area contributed by atoms with Gasteiger partial charge in [-0.25, -0.2) is 0 Å². The molecular weight excluding hydrogens is 221 g/mol. The monoisotopic (exact) mass is 231 g/mol. The Bertz CT molecular complexity index is 321. The van der Waals surface area contributed by atoms with E-state index in [1.165, 1.54) is 0 Å². The van der Waals surface area contributed by atoms with E-state index in [1.54, 1.807) is 12.1 Å². The topological polar surface area (TPSA) is 21.3 Å². The first-order chi connectivity index (χ1) is 6.66. The fraction of sp³-hybridized carbons (Fsp3) is 0.400. The molecule has 0 aliphatic carbocycles. The van der Waals surface area contributed by atoms with E-state index in [4.69, 9.17) is 27.9 Å². The van der Waals surface area contributed by atoms with Gasteiger partial charge in [0.25, 0.3) is 0 Å². The maximum atomic E-state index is 5.91. The van der Waals surface area contributed by atoms with Crippen molar-refractivity contribution in [2.75, 3.05) is 18.5 Å². The number of benzene rings is 1. The van der Waals surface area contributed by atoms with Gasteiger partial charge in [0.2, 0.25) is 0 Å². The zero-order valence-corrected chi connectivity index (χ0v) is 9.32. The Morgan fingerprint density at radius 1 is 1.36 bits per heavy atom. The SMILES string of the molecule is CC1CNc2cc(Cl)c(Cl)cc2OC1. The van der Waals surface area contributed by atoms with Crippen LogP contribution in [0.4, 0.5) is 5.69 Å². The predicted octanol–water partition coefficient (Wildman–Crippen LogP) is 3.43. The highest BCUT2D eigenvalue weighted by Crippen LogP contribution is 2.35. The second-order valence-corrected chi connectivity index (χ2v) is 4.37. The molecule has 0 aromatic heterocycles. The second-order valence-electron chi connectivity index (χ2n) is 3.56. The molecule has 0 saturated heterocycles. The molecule has 1 N–H and O–H groups in total. The highest BCUT2D eigenvalue weighted by molar-refractivity contribution is 6.42. The smallest absolute Gasteiger partial charge is 0.143 e. The molecule has 4 heteroatoms. The minimum absolute atomic E-state index is 0.486. The lowest BCUT2D eigenvalue weighted by molar-refractivity contribution is 0.275. The number of hydrogen-bond acceptors (Lipinski definition) is 2. The molecule has 1 unspecified atom stereocenters. The van der Waals surface area contributed by atoms with Crippen molar-refractivity contribution < 1.29 is 4.74 Å². The van der Waals surface area contributed by atoms with Gasteiger partial charge in [0, 0.05) is 18.5 Å². The summed E-state index contributed by atoms with van der Waals surface area (Å²) in [6.07, 6.45) is 0. The van der Waals surface area contributed by atoms with Crippen LogP contribution in [0.2, 0.25) is 10.0 Å². The summed E-state index contributed by atoms with van der Waals surface area (Å²) in [6.45, 7) is 3.73. The Morgan fingerprint density at radius 2 is 2.07 bits per heavy atom. The molecular formula is C10H11Cl2NO. The molecule has 14 heavy (non-hydrogen) atoms. The molecule has 1 aromatic rings. The Labute approximate surface area is 93.2 Å². The van der Waals surface area contributed by atoms with E-state index in [9.17, 15) is 0 Å². The lowest BCUT2D eigenvalue weighted by Gasteiger charge is -2.08. The minimum atomic E-state index is 0.486. The van der Waals surface area contributed by atoms with Crippen LogP contribution in [-0.4, -0.2) is 13.2 Å². The molecule has 0 spiro atoms. The van der Waals surface area contributed by atoms with Gasteiger partial charge in [-0.15, -0.1) is 0 Å². The number of fused-ring (bicyclic) bond motifs is 1. The van der Waals surface area contributed by atoms with E-state index in [2.05, 4.69) is 12.2 Å². The van der Waals surface area contributed by atoms with Crippen molar-refractivity contribution >= 4 is 28.9 Å². The zero-order chi connectivity index (χ0) is 10.1. The first-order valence-corrected chi connectivity index (χ1v) is 5.28. The first-order valence-electron chi connectivity index (χ1n) is 4.52. The number of ether oxygens (including phenoxy) is 1. The van der Waals surface area contributed by atoms with E-state index in [0.29, 0.717) is 22.6 Å². The quantitative estimate of drug-likeness (QED) is 0.739. The molecule has 1 atom stereocenters. The van der Waals surface area contributed by atoms with Gasteiger partial charge in [0.05, 0.1) is 22.3 Å². The van der Waals surface area contributed by atoms with Gasteiger partial charge in [-0.2, -0.15) is 0 Å². The molecule has 1 aliphatic rings. The third kappa shape index (κ3) is 1.91. The fourth-order valence-corrected chi connectivity index (χ4v) is 1.68. The van der Waals surface area contributed by atoms with Gasteiger partial charge in [-0.3, -0.25) is 0 Å². The summed E-state index contributed by atoms with van der Waals surface area (Å²) < 4.78 is 5.59. The van der Waals surface area contributed by atoms with Crippen molar-refractivity contribution in [2.45, 2.75) is 6.92 Å². The summed E-state index contributed by atoms with van der Waals surface area (Å²) in [5.74, 6) is 1.27. The normalized spacial score (nSPS) is 20.4. The largest absolute Gasteiger partial charge is 0.491 e. The number of hydrogen-bond donors (Lipinski definition) is 1. The Hall–Kier alpha value is -0.600. The van der Waals surface area contributed by atoms with Gasteiger partial charge < -0.3 is 10.1 Å². The van der Waals surface area contributed by atoms with Crippen LogP contribution >= 0.6 is 23.2 Å². The van der Waals surface area contributed by atoms with Crippen molar-refractivity contribution in [2.24, 2.45) is 5.92 Å². The number of anilines is 1. The molecule has 1 aromatic carbocycles. The molecule has 0 fully saturated rings. The summed E-state index contributed by atoms with van der Waals surface area (Å²) in [5, 5.41) is 4.36. The third-order valence-corrected chi connectivity index (χ3v) is 2.91. The van der Waals surface area contributed by atoms with Crippen LogP contribution in [0.5, 0.6) is 5.75 Å². The standard InChI is InChI=1S/C10H11Cl2NO/c1-6-4-13-9-2-7(11)8(12)3-10(9)14-5-6/h2-3,6,13H,4-5H2,1H3. The molecule has 0 bridgehead atoms. The van der Waals surface area contributed by atoms with Crippen molar-refractivity contribution in [3.05, 3.63) is 22.2 Å². The van der Waals surface area contributed by atoms with E-state index in [-0.39, 0.29) is 0 Å². The van der Waals surface area contributed by atoms with Crippen LogP contribution in [-0.2, 0) is 0 Å². The lowest BCUT2D eigenvalue weighted by atomic mass is 10.2. The van der Waals surface area contributed by atoms with Crippen molar-refractivity contribution in [1.82, 2.24) is 0 Å². The van der Waals surface area contributed by atoms with Gasteiger partial charge in [0.15, 0.2) is 0 Å². The predicted molar refractivity (Wildman–Crippen MR) is 59.6 cm³/mol. The summed E-state index contributed by atoms with van der Waals surface area (Å²) >= 11 is 11.8. The van der Waals surface area contributed by atoms with Crippen LogP contribution in [0.15, 0.2) is 12.1 Å². The average Bonchev–Trinajstić information content (AvgIpc) is 2.31. The molecule has 2 rings (SSSR count). The highest BCUT2D eigenvalue weighted by Gasteiger charge is 2.14. The van der Waals surface area contributed by atoms with Crippen molar-refractivity contribution in [3.63, 3.8) is 0 Å². The molecule has 0 saturated carbocycles. The summed E-state index contributed by atoms with van der Waals surface area (Å²) in [4.78, 5) is 0.